The van der Waals surface area contributed by atoms with Crippen LogP contribution >= 0.6 is 11.6 Å². The van der Waals surface area contributed by atoms with E-state index in [2.05, 4.69) is 4.98 Å². The average molecular weight is 306 g/mol. The minimum atomic E-state index is -0.401. The molecule has 0 atom stereocenters. The van der Waals surface area contributed by atoms with E-state index in [4.69, 9.17) is 21.1 Å². The Hall–Kier alpha value is -2.07. The van der Waals surface area contributed by atoms with Crippen LogP contribution in [0.5, 0.6) is 5.75 Å². The quantitative estimate of drug-likeness (QED) is 0.766. The van der Waals surface area contributed by atoms with Crippen LogP contribution in [-0.4, -0.2) is 24.2 Å². The highest BCUT2D eigenvalue weighted by Gasteiger charge is 2.08. The number of carbonyl (C=O) groups is 1. The lowest BCUT2D eigenvalue weighted by atomic mass is 10.2. The predicted molar refractivity (Wildman–Crippen MR) is 80.8 cm³/mol. The zero-order valence-corrected chi connectivity index (χ0v) is 12.5. The van der Waals surface area contributed by atoms with Gasteiger partial charge in [0.2, 0.25) is 0 Å². The molecular weight excluding hydrogens is 290 g/mol. The number of halogens is 1. The van der Waals surface area contributed by atoms with Crippen molar-refractivity contribution >= 4 is 17.6 Å². The Morgan fingerprint density at radius 1 is 1.29 bits per heavy atom. The first kappa shape index (κ1) is 15.3. The molecule has 5 heteroatoms. The molecule has 0 amide bonds. The van der Waals surface area contributed by atoms with Gasteiger partial charge in [0.05, 0.1) is 25.0 Å². The molecule has 0 aliphatic heterocycles. The summed E-state index contributed by atoms with van der Waals surface area (Å²) in [5, 5.41) is 0.722. The Balaban J connectivity index is 1.93. The third kappa shape index (κ3) is 4.46. The zero-order chi connectivity index (χ0) is 15.1. The van der Waals surface area contributed by atoms with E-state index in [9.17, 15) is 4.79 Å². The minimum absolute atomic E-state index is 0.330. The molecule has 0 N–H and O–H groups in total. The second-order valence-electron chi connectivity index (χ2n) is 4.32. The largest absolute Gasteiger partial charge is 0.492 e. The van der Waals surface area contributed by atoms with Crippen LogP contribution in [0, 0.1) is 0 Å². The van der Waals surface area contributed by atoms with E-state index in [-0.39, 0.29) is 0 Å². The lowest BCUT2D eigenvalue weighted by Gasteiger charge is -2.08. The van der Waals surface area contributed by atoms with Crippen LogP contribution in [0.2, 0.25) is 5.02 Å². The van der Waals surface area contributed by atoms with Crippen LogP contribution in [0.3, 0.4) is 0 Å². The fraction of sp³-hybridized carbons (Fsp3) is 0.250. The molecular formula is C16H16ClNO3. The van der Waals surface area contributed by atoms with Gasteiger partial charge in [0, 0.05) is 17.6 Å². The monoisotopic (exact) mass is 305 g/mol. The highest BCUT2D eigenvalue weighted by Crippen LogP contribution is 2.17. The van der Waals surface area contributed by atoms with Gasteiger partial charge in [-0.3, -0.25) is 4.98 Å². The molecule has 21 heavy (non-hydrogen) atoms. The maximum atomic E-state index is 11.6. The van der Waals surface area contributed by atoms with Crippen LogP contribution in [0.25, 0.3) is 0 Å². The van der Waals surface area contributed by atoms with Gasteiger partial charge in [-0.1, -0.05) is 29.8 Å². The normalized spacial score (nSPS) is 10.2. The lowest BCUT2D eigenvalue weighted by Crippen LogP contribution is -2.07. The Labute approximate surface area is 128 Å². The van der Waals surface area contributed by atoms with Gasteiger partial charge in [-0.15, -0.1) is 0 Å². The molecule has 0 bridgehead atoms. The van der Waals surface area contributed by atoms with Gasteiger partial charge in [0.1, 0.15) is 5.75 Å². The topological polar surface area (TPSA) is 48.4 Å². The first-order valence-corrected chi connectivity index (χ1v) is 7.07. The smallest absolute Gasteiger partial charge is 0.339 e. The number of nitrogens with zero attached hydrogens (tertiary/aromatic N) is 1. The van der Waals surface area contributed by atoms with Gasteiger partial charge in [-0.2, -0.15) is 0 Å². The fourth-order valence-corrected chi connectivity index (χ4v) is 2.03. The van der Waals surface area contributed by atoms with Gasteiger partial charge in [-0.25, -0.2) is 4.79 Å². The number of ether oxygens (including phenoxy) is 2. The minimum Gasteiger partial charge on any atom is -0.492 e. The molecule has 1 aromatic carbocycles. The van der Waals surface area contributed by atoms with Crippen molar-refractivity contribution in [3.05, 3.63) is 58.9 Å². The van der Waals surface area contributed by atoms with Crippen LogP contribution < -0.4 is 4.74 Å². The third-order valence-corrected chi connectivity index (χ3v) is 3.19. The second kappa shape index (κ2) is 7.64. The summed E-state index contributed by atoms with van der Waals surface area (Å²) >= 11 is 6.08. The van der Waals surface area contributed by atoms with Crippen molar-refractivity contribution < 1.29 is 14.3 Å². The van der Waals surface area contributed by atoms with E-state index in [1.54, 1.807) is 19.2 Å². The van der Waals surface area contributed by atoms with Crippen molar-refractivity contribution in [3.63, 3.8) is 0 Å². The molecule has 1 heterocycles. The summed E-state index contributed by atoms with van der Waals surface area (Å²) in [5.41, 5.74) is 1.40. The Morgan fingerprint density at radius 3 is 2.86 bits per heavy atom. The zero-order valence-electron chi connectivity index (χ0n) is 11.7. The van der Waals surface area contributed by atoms with Crippen LogP contribution in [0.1, 0.15) is 22.8 Å². The van der Waals surface area contributed by atoms with E-state index in [0.29, 0.717) is 30.9 Å². The van der Waals surface area contributed by atoms with Crippen molar-refractivity contribution in [2.75, 3.05) is 13.2 Å². The maximum Gasteiger partial charge on any atom is 0.339 e. The number of hydrogen-bond acceptors (Lipinski definition) is 4. The number of rotatable bonds is 6. The Morgan fingerprint density at radius 2 is 2.10 bits per heavy atom. The molecule has 0 radical (unpaired) electrons. The maximum absolute atomic E-state index is 11.6. The van der Waals surface area contributed by atoms with Gasteiger partial charge in [-0.05, 0) is 24.6 Å². The van der Waals surface area contributed by atoms with E-state index >= 15 is 0 Å². The van der Waals surface area contributed by atoms with Gasteiger partial charge in [0.25, 0.3) is 0 Å². The SMILES string of the molecule is CCOC(=O)c1cncc(OCCc2ccccc2Cl)c1. The Bertz CT molecular complexity index is 616. The van der Waals surface area contributed by atoms with Crippen molar-refractivity contribution in [1.82, 2.24) is 4.98 Å². The number of hydrogen-bond donors (Lipinski definition) is 0. The molecule has 0 saturated heterocycles. The van der Waals surface area contributed by atoms with Crippen molar-refractivity contribution in [2.24, 2.45) is 0 Å². The second-order valence-corrected chi connectivity index (χ2v) is 4.73. The summed E-state index contributed by atoms with van der Waals surface area (Å²) in [6.45, 7) is 2.55. The van der Waals surface area contributed by atoms with E-state index < -0.39 is 5.97 Å². The van der Waals surface area contributed by atoms with E-state index in [0.717, 1.165) is 10.6 Å². The molecule has 110 valence electrons. The molecule has 0 saturated carbocycles. The predicted octanol–water partition coefficient (Wildman–Crippen LogP) is 3.53. The molecule has 0 fully saturated rings. The first-order chi connectivity index (χ1) is 10.2. The summed E-state index contributed by atoms with van der Waals surface area (Å²) in [6.07, 6.45) is 3.71. The average Bonchev–Trinajstić information content (AvgIpc) is 2.50. The number of pyridine rings is 1. The molecule has 2 aromatic rings. The summed E-state index contributed by atoms with van der Waals surface area (Å²) in [5.74, 6) is 0.133. The van der Waals surface area contributed by atoms with Gasteiger partial charge >= 0.3 is 5.97 Å². The van der Waals surface area contributed by atoms with E-state index in [1.807, 2.05) is 24.3 Å². The van der Waals surface area contributed by atoms with E-state index in [1.165, 1.54) is 6.20 Å². The van der Waals surface area contributed by atoms with Gasteiger partial charge in [0.15, 0.2) is 0 Å². The molecule has 0 aliphatic rings. The molecule has 2 rings (SSSR count). The highest BCUT2D eigenvalue weighted by atomic mass is 35.5. The summed E-state index contributed by atoms with van der Waals surface area (Å²) in [4.78, 5) is 15.6. The first-order valence-electron chi connectivity index (χ1n) is 6.69. The Kier molecular flexibility index (Phi) is 5.58. The highest BCUT2D eigenvalue weighted by molar-refractivity contribution is 6.31. The molecule has 4 nitrogen and oxygen atoms in total. The summed E-state index contributed by atoms with van der Waals surface area (Å²) in [6, 6.07) is 9.25. The number of aromatic nitrogens is 1. The van der Waals surface area contributed by atoms with Crippen LogP contribution in [0.15, 0.2) is 42.7 Å². The molecule has 0 unspecified atom stereocenters. The fourth-order valence-electron chi connectivity index (χ4n) is 1.80. The lowest BCUT2D eigenvalue weighted by molar-refractivity contribution is 0.0525. The van der Waals surface area contributed by atoms with Crippen LogP contribution in [-0.2, 0) is 11.2 Å². The molecule has 1 aromatic heterocycles. The number of benzene rings is 1. The standard InChI is InChI=1S/C16H16ClNO3/c1-2-20-16(19)13-9-14(11-18-10-13)21-8-7-12-5-3-4-6-15(12)17/h3-6,9-11H,2,7-8H2,1H3. The van der Waals surface area contributed by atoms with Crippen LogP contribution in [0.4, 0.5) is 0 Å². The van der Waals surface area contributed by atoms with Gasteiger partial charge < -0.3 is 9.47 Å². The molecule has 0 aliphatic carbocycles. The third-order valence-electron chi connectivity index (χ3n) is 2.82. The summed E-state index contributed by atoms with van der Waals surface area (Å²) in [7, 11) is 0. The van der Waals surface area contributed by atoms with Crippen molar-refractivity contribution in [1.29, 1.82) is 0 Å². The van der Waals surface area contributed by atoms with Crippen molar-refractivity contribution in [3.8, 4) is 5.75 Å². The number of carbonyl (C=O) groups excluding carboxylic acids is 1. The summed E-state index contributed by atoms with van der Waals surface area (Å²) < 4.78 is 10.5. The molecule has 0 spiro atoms. The van der Waals surface area contributed by atoms with Crippen molar-refractivity contribution in [2.45, 2.75) is 13.3 Å². The number of esters is 1.